The molecule has 1 N–H and O–H groups in total. The minimum absolute atomic E-state index is 0.0828. The lowest BCUT2D eigenvalue weighted by Gasteiger charge is -2.05. The molecule has 0 unspecified atom stereocenters. The molecular formula is C8H6BrNO5. The van der Waals surface area contributed by atoms with Crippen molar-refractivity contribution in [3.8, 4) is 5.75 Å². The van der Waals surface area contributed by atoms with E-state index in [2.05, 4.69) is 15.9 Å². The Morgan fingerprint density at radius 1 is 1.60 bits per heavy atom. The van der Waals surface area contributed by atoms with E-state index in [1.165, 1.54) is 19.2 Å². The Morgan fingerprint density at radius 3 is 2.60 bits per heavy atom. The summed E-state index contributed by atoms with van der Waals surface area (Å²) in [7, 11) is 1.24. The van der Waals surface area contributed by atoms with Crippen LogP contribution in [0, 0.1) is 10.1 Å². The van der Waals surface area contributed by atoms with Crippen LogP contribution in [0.2, 0.25) is 0 Å². The van der Waals surface area contributed by atoms with Crippen LogP contribution in [0.1, 0.15) is 10.4 Å². The number of benzene rings is 1. The van der Waals surface area contributed by atoms with Gasteiger partial charge in [-0.05, 0) is 28.1 Å². The molecule has 0 aliphatic heterocycles. The maximum atomic E-state index is 10.8. The Morgan fingerprint density at radius 2 is 2.20 bits per heavy atom. The van der Waals surface area contributed by atoms with Crippen LogP contribution in [0.15, 0.2) is 16.6 Å². The zero-order valence-corrected chi connectivity index (χ0v) is 9.15. The van der Waals surface area contributed by atoms with E-state index in [4.69, 9.17) is 9.84 Å². The molecule has 0 atom stereocenters. The maximum absolute atomic E-state index is 10.8. The van der Waals surface area contributed by atoms with Crippen molar-refractivity contribution in [3.63, 3.8) is 0 Å². The molecule has 0 spiro atoms. The van der Waals surface area contributed by atoms with Crippen molar-refractivity contribution in [2.45, 2.75) is 0 Å². The normalized spacial score (nSPS) is 9.73. The summed E-state index contributed by atoms with van der Waals surface area (Å²) in [5, 5.41) is 19.5. The molecule has 1 rings (SSSR count). The zero-order valence-electron chi connectivity index (χ0n) is 7.56. The minimum atomic E-state index is -1.38. The second-order valence-electron chi connectivity index (χ2n) is 2.54. The van der Waals surface area contributed by atoms with E-state index in [0.717, 1.165) is 0 Å². The first-order valence-corrected chi connectivity index (χ1v) is 4.52. The van der Waals surface area contributed by atoms with Crippen LogP contribution >= 0.6 is 15.9 Å². The average Bonchev–Trinajstić information content (AvgIpc) is 2.16. The van der Waals surface area contributed by atoms with Gasteiger partial charge in [0, 0.05) is 4.47 Å². The van der Waals surface area contributed by atoms with Crippen LogP contribution < -0.4 is 4.74 Å². The SMILES string of the molecule is COc1ccc(Br)c(C(=O)O)c1[N+](=O)[O-]. The first kappa shape index (κ1) is 11.4. The number of methoxy groups -OCH3 is 1. The van der Waals surface area contributed by atoms with E-state index in [9.17, 15) is 14.9 Å². The summed E-state index contributed by atoms with van der Waals surface area (Å²) in [6, 6.07) is 2.71. The summed E-state index contributed by atoms with van der Waals surface area (Å²) in [6.45, 7) is 0. The number of ether oxygens (including phenoxy) is 1. The first-order chi connectivity index (χ1) is 6.99. The van der Waals surface area contributed by atoms with Crippen molar-refractivity contribution in [1.82, 2.24) is 0 Å². The predicted octanol–water partition coefficient (Wildman–Crippen LogP) is 2.06. The van der Waals surface area contributed by atoms with Crippen LogP contribution in [-0.4, -0.2) is 23.1 Å². The lowest BCUT2D eigenvalue weighted by molar-refractivity contribution is -0.386. The topological polar surface area (TPSA) is 89.7 Å². The van der Waals surface area contributed by atoms with Crippen LogP contribution in [0.25, 0.3) is 0 Å². The van der Waals surface area contributed by atoms with Gasteiger partial charge in [-0.3, -0.25) is 10.1 Å². The number of carbonyl (C=O) groups is 1. The summed E-state index contributed by atoms with van der Waals surface area (Å²) in [5.74, 6) is -1.46. The number of hydrogen-bond donors (Lipinski definition) is 1. The van der Waals surface area contributed by atoms with Crippen LogP contribution in [0.5, 0.6) is 5.75 Å². The molecule has 0 heterocycles. The van der Waals surface area contributed by atoms with Crippen LogP contribution in [0.3, 0.4) is 0 Å². The highest BCUT2D eigenvalue weighted by Gasteiger charge is 2.27. The molecule has 0 amide bonds. The fraction of sp³-hybridized carbons (Fsp3) is 0.125. The molecule has 80 valence electrons. The molecule has 1 aromatic rings. The molecule has 7 heteroatoms. The van der Waals surface area contributed by atoms with Gasteiger partial charge in [0.05, 0.1) is 12.0 Å². The van der Waals surface area contributed by atoms with Crippen molar-refractivity contribution < 1.29 is 19.6 Å². The van der Waals surface area contributed by atoms with E-state index in [0.29, 0.717) is 0 Å². The van der Waals surface area contributed by atoms with E-state index in [1.54, 1.807) is 0 Å². The van der Waals surface area contributed by atoms with E-state index >= 15 is 0 Å². The van der Waals surface area contributed by atoms with Gasteiger partial charge >= 0.3 is 11.7 Å². The van der Waals surface area contributed by atoms with Gasteiger partial charge in [0.1, 0.15) is 0 Å². The molecule has 6 nitrogen and oxygen atoms in total. The summed E-state index contributed by atoms with van der Waals surface area (Å²) in [6.07, 6.45) is 0. The number of aromatic carboxylic acids is 1. The molecule has 0 radical (unpaired) electrons. The van der Waals surface area contributed by atoms with Gasteiger partial charge in [-0.2, -0.15) is 0 Å². The number of nitro groups is 1. The molecule has 0 saturated carbocycles. The number of carboxylic acids is 1. The maximum Gasteiger partial charge on any atom is 0.344 e. The van der Waals surface area contributed by atoms with Crippen LogP contribution in [0.4, 0.5) is 5.69 Å². The first-order valence-electron chi connectivity index (χ1n) is 3.73. The third-order valence-corrected chi connectivity index (χ3v) is 2.37. The molecular weight excluding hydrogens is 270 g/mol. The Hall–Kier alpha value is -1.63. The number of halogens is 1. The largest absolute Gasteiger partial charge is 0.490 e. The third kappa shape index (κ3) is 2.07. The second-order valence-corrected chi connectivity index (χ2v) is 3.39. The Balaban J connectivity index is 3.58. The molecule has 0 aliphatic rings. The van der Waals surface area contributed by atoms with Crippen LogP contribution in [-0.2, 0) is 0 Å². The zero-order chi connectivity index (χ0) is 11.6. The Bertz CT molecular complexity index is 431. The summed E-state index contributed by atoms with van der Waals surface area (Å²) < 4.78 is 4.87. The van der Waals surface area contributed by atoms with Gasteiger partial charge in [-0.25, -0.2) is 4.79 Å². The summed E-state index contributed by atoms with van der Waals surface area (Å²) in [5.41, 5.74) is -0.973. The third-order valence-electron chi connectivity index (χ3n) is 1.71. The van der Waals surface area contributed by atoms with Crippen molar-refractivity contribution >= 4 is 27.6 Å². The molecule has 1 aromatic carbocycles. The number of nitrogens with zero attached hydrogens (tertiary/aromatic N) is 1. The number of nitro benzene ring substituents is 1. The van der Waals surface area contributed by atoms with Crippen molar-refractivity contribution in [3.05, 3.63) is 32.3 Å². The van der Waals surface area contributed by atoms with Crippen molar-refractivity contribution in [2.24, 2.45) is 0 Å². The van der Waals surface area contributed by atoms with Gasteiger partial charge in [0.2, 0.25) is 0 Å². The monoisotopic (exact) mass is 275 g/mol. The average molecular weight is 276 g/mol. The number of rotatable bonds is 3. The molecule has 15 heavy (non-hydrogen) atoms. The summed E-state index contributed by atoms with van der Waals surface area (Å²) >= 11 is 2.94. The summed E-state index contributed by atoms with van der Waals surface area (Å²) in [4.78, 5) is 20.7. The van der Waals surface area contributed by atoms with Gasteiger partial charge in [0.15, 0.2) is 11.3 Å². The molecule has 0 aliphatic carbocycles. The minimum Gasteiger partial charge on any atom is -0.490 e. The quantitative estimate of drug-likeness (QED) is 0.674. The highest BCUT2D eigenvalue weighted by molar-refractivity contribution is 9.10. The second kappa shape index (κ2) is 4.26. The lowest BCUT2D eigenvalue weighted by atomic mass is 10.1. The fourth-order valence-corrected chi connectivity index (χ4v) is 1.59. The van der Waals surface area contributed by atoms with E-state index in [1.807, 2.05) is 0 Å². The van der Waals surface area contributed by atoms with Crippen molar-refractivity contribution in [1.29, 1.82) is 0 Å². The molecule has 0 saturated heterocycles. The van der Waals surface area contributed by atoms with Crippen molar-refractivity contribution in [2.75, 3.05) is 7.11 Å². The van der Waals surface area contributed by atoms with Gasteiger partial charge in [-0.1, -0.05) is 0 Å². The smallest absolute Gasteiger partial charge is 0.344 e. The van der Waals surface area contributed by atoms with Gasteiger partial charge in [-0.15, -0.1) is 0 Å². The fourth-order valence-electron chi connectivity index (χ4n) is 1.10. The Labute approximate surface area is 92.8 Å². The molecule has 0 fully saturated rings. The lowest BCUT2D eigenvalue weighted by Crippen LogP contribution is -2.05. The van der Waals surface area contributed by atoms with E-state index < -0.39 is 22.1 Å². The van der Waals surface area contributed by atoms with E-state index in [-0.39, 0.29) is 10.2 Å². The highest BCUT2D eigenvalue weighted by Crippen LogP contribution is 2.35. The molecule has 0 aromatic heterocycles. The Kier molecular flexibility index (Phi) is 3.25. The number of carboxylic acid groups (broad SMARTS) is 1. The van der Waals surface area contributed by atoms with Gasteiger partial charge < -0.3 is 9.84 Å². The van der Waals surface area contributed by atoms with Gasteiger partial charge in [0.25, 0.3) is 0 Å². The highest BCUT2D eigenvalue weighted by atomic mass is 79.9. The molecule has 0 bridgehead atoms. The number of hydrogen-bond acceptors (Lipinski definition) is 4. The standard InChI is InChI=1S/C8H6BrNO5/c1-15-5-3-2-4(9)6(8(11)12)7(5)10(13)14/h2-3H,1H3,(H,11,12). The predicted molar refractivity (Wildman–Crippen MR) is 54.3 cm³/mol.